The van der Waals surface area contributed by atoms with Gasteiger partial charge in [-0.05, 0) is 24.6 Å². The molecule has 0 fully saturated rings. The minimum Gasteiger partial charge on any atom is -0.298 e. The normalized spacial score (nSPS) is 10.6. The lowest BCUT2D eigenvalue weighted by molar-refractivity contribution is -0.384. The van der Waals surface area contributed by atoms with Gasteiger partial charge in [0.2, 0.25) is 0 Å². The number of hydrogen-bond acceptors (Lipinski definition) is 5. The number of nitrogens with zero attached hydrogens (tertiary/aromatic N) is 2. The minimum absolute atomic E-state index is 0.0613. The van der Waals surface area contributed by atoms with Crippen LogP contribution in [0.15, 0.2) is 78.9 Å². The van der Waals surface area contributed by atoms with Gasteiger partial charge in [-0.3, -0.25) is 20.2 Å². The number of amides is 1. The maximum atomic E-state index is 12.6. The molecule has 1 aromatic heterocycles. The maximum Gasteiger partial charge on any atom is 0.269 e. The van der Waals surface area contributed by atoms with Crippen molar-refractivity contribution in [2.75, 3.05) is 5.32 Å². The molecule has 7 heteroatoms. The minimum atomic E-state index is -0.498. The molecule has 0 aliphatic carbocycles. The summed E-state index contributed by atoms with van der Waals surface area (Å²) < 4.78 is 0. The van der Waals surface area contributed by atoms with Gasteiger partial charge in [0, 0.05) is 23.3 Å². The van der Waals surface area contributed by atoms with Crippen LogP contribution in [0.4, 0.5) is 10.8 Å². The van der Waals surface area contributed by atoms with Crippen molar-refractivity contribution in [2.24, 2.45) is 0 Å². The Morgan fingerprint density at radius 2 is 1.60 bits per heavy atom. The first kappa shape index (κ1) is 19.5. The van der Waals surface area contributed by atoms with Gasteiger partial charge < -0.3 is 0 Å². The lowest BCUT2D eigenvalue weighted by Gasteiger charge is -2.03. The summed E-state index contributed by atoms with van der Waals surface area (Å²) in [6, 6.07) is 23.4. The molecule has 0 saturated carbocycles. The molecule has 148 valence electrons. The second-order valence-electron chi connectivity index (χ2n) is 6.69. The Labute approximate surface area is 177 Å². The lowest BCUT2D eigenvalue weighted by atomic mass is 10.1. The van der Waals surface area contributed by atoms with E-state index < -0.39 is 4.92 Å². The average Bonchev–Trinajstić information content (AvgIpc) is 3.18. The van der Waals surface area contributed by atoms with Gasteiger partial charge in [0.15, 0.2) is 5.13 Å². The predicted molar refractivity (Wildman–Crippen MR) is 119 cm³/mol. The number of carbonyl (C=O) groups excluding carboxylic acids is 1. The van der Waals surface area contributed by atoms with E-state index in [-0.39, 0.29) is 11.6 Å². The maximum absolute atomic E-state index is 12.6. The fourth-order valence-electron chi connectivity index (χ4n) is 2.97. The highest BCUT2D eigenvalue weighted by Crippen LogP contribution is 2.39. The Bertz CT molecular complexity index is 1200. The zero-order valence-corrected chi connectivity index (χ0v) is 16.8. The number of aryl methyl sites for hydroxylation is 1. The molecule has 4 aromatic rings. The summed E-state index contributed by atoms with van der Waals surface area (Å²) in [5, 5.41) is 14.1. The Morgan fingerprint density at radius 1 is 0.933 bits per heavy atom. The number of benzene rings is 3. The molecule has 0 spiro atoms. The molecule has 4 rings (SSSR count). The van der Waals surface area contributed by atoms with Gasteiger partial charge in [0.25, 0.3) is 11.6 Å². The number of nitrogens with one attached hydrogen (secondary N) is 1. The van der Waals surface area contributed by atoms with Crippen molar-refractivity contribution in [3.8, 4) is 21.7 Å². The van der Waals surface area contributed by atoms with Crippen LogP contribution in [0.25, 0.3) is 21.7 Å². The van der Waals surface area contributed by atoms with Crippen LogP contribution >= 0.6 is 11.3 Å². The topological polar surface area (TPSA) is 85.1 Å². The monoisotopic (exact) mass is 415 g/mol. The van der Waals surface area contributed by atoms with Crippen LogP contribution in [0.2, 0.25) is 0 Å². The molecule has 0 aliphatic heterocycles. The van der Waals surface area contributed by atoms with Crippen LogP contribution in [0, 0.1) is 17.0 Å². The molecule has 0 saturated heterocycles. The first-order valence-corrected chi connectivity index (χ1v) is 10.0. The number of aromatic nitrogens is 1. The molecule has 0 unspecified atom stereocenters. The number of anilines is 1. The molecule has 30 heavy (non-hydrogen) atoms. The zero-order valence-electron chi connectivity index (χ0n) is 16.0. The van der Waals surface area contributed by atoms with E-state index in [4.69, 9.17) is 0 Å². The van der Waals surface area contributed by atoms with E-state index in [0.29, 0.717) is 10.7 Å². The molecule has 1 amide bonds. The Hall–Kier alpha value is -3.84. The molecule has 1 heterocycles. The fraction of sp³-hybridized carbons (Fsp3) is 0.0435. The van der Waals surface area contributed by atoms with Gasteiger partial charge in [0.1, 0.15) is 0 Å². The number of nitro groups is 1. The van der Waals surface area contributed by atoms with E-state index in [1.165, 1.54) is 35.6 Å². The SMILES string of the molecule is Cc1ccc(-c2nc(NC(=O)c3ccc([N+](=O)[O-])cc3)sc2-c2ccccc2)cc1. The van der Waals surface area contributed by atoms with E-state index in [9.17, 15) is 14.9 Å². The van der Waals surface area contributed by atoms with Crippen molar-refractivity contribution < 1.29 is 9.72 Å². The summed E-state index contributed by atoms with van der Waals surface area (Å²) in [5.41, 5.74) is 4.20. The molecule has 0 radical (unpaired) electrons. The molecule has 0 aliphatic rings. The highest BCUT2D eigenvalue weighted by atomic mass is 32.1. The summed E-state index contributed by atoms with van der Waals surface area (Å²) in [6.07, 6.45) is 0. The van der Waals surface area contributed by atoms with Crippen molar-refractivity contribution >= 4 is 28.1 Å². The van der Waals surface area contributed by atoms with Crippen LogP contribution in [0.1, 0.15) is 15.9 Å². The number of thiazole rings is 1. The third-order valence-electron chi connectivity index (χ3n) is 4.55. The standard InChI is InChI=1S/C23H17N3O3S/c1-15-7-9-16(10-8-15)20-21(17-5-3-2-4-6-17)30-23(24-20)25-22(27)18-11-13-19(14-12-18)26(28)29/h2-14H,1H3,(H,24,25,27). The van der Waals surface area contributed by atoms with E-state index in [0.717, 1.165) is 27.3 Å². The van der Waals surface area contributed by atoms with Gasteiger partial charge in [-0.2, -0.15) is 0 Å². The third kappa shape index (κ3) is 4.11. The van der Waals surface area contributed by atoms with Crippen LogP contribution in [-0.4, -0.2) is 15.8 Å². The van der Waals surface area contributed by atoms with Crippen LogP contribution < -0.4 is 5.32 Å². The Balaban J connectivity index is 1.67. The van der Waals surface area contributed by atoms with Crippen molar-refractivity contribution in [2.45, 2.75) is 6.92 Å². The molecular weight excluding hydrogens is 398 g/mol. The quantitative estimate of drug-likeness (QED) is 0.323. The molecule has 1 N–H and O–H groups in total. The highest BCUT2D eigenvalue weighted by Gasteiger charge is 2.17. The number of rotatable bonds is 5. The molecule has 3 aromatic carbocycles. The number of carbonyl (C=O) groups is 1. The van der Waals surface area contributed by atoms with Crippen molar-refractivity contribution in [3.63, 3.8) is 0 Å². The van der Waals surface area contributed by atoms with Crippen molar-refractivity contribution in [3.05, 3.63) is 100 Å². The molecular formula is C23H17N3O3S. The average molecular weight is 415 g/mol. The predicted octanol–water partition coefficient (Wildman–Crippen LogP) is 5.95. The summed E-state index contributed by atoms with van der Waals surface area (Å²) >= 11 is 1.39. The number of hydrogen-bond donors (Lipinski definition) is 1. The second-order valence-corrected chi connectivity index (χ2v) is 7.69. The summed E-state index contributed by atoms with van der Waals surface area (Å²) in [4.78, 5) is 28.6. The van der Waals surface area contributed by atoms with E-state index in [1.54, 1.807) is 0 Å². The number of non-ortho nitro benzene ring substituents is 1. The summed E-state index contributed by atoms with van der Waals surface area (Å²) in [7, 11) is 0. The molecule has 0 bridgehead atoms. The smallest absolute Gasteiger partial charge is 0.269 e. The van der Waals surface area contributed by atoms with Gasteiger partial charge in [-0.1, -0.05) is 71.5 Å². The van der Waals surface area contributed by atoms with Crippen LogP contribution in [0.3, 0.4) is 0 Å². The first-order chi connectivity index (χ1) is 14.5. The summed E-state index contributed by atoms with van der Waals surface area (Å²) in [6.45, 7) is 2.03. The van der Waals surface area contributed by atoms with E-state index in [1.807, 2.05) is 61.5 Å². The van der Waals surface area contributed by atoms with E-state index >= 15 is 0 Å². The molecule has 0 atom stereocenters. The lowest BCUT2D eigenvalue weighted by Crippen LogP contribution is -2.11. The van der Waals surface area contributed by atoms with Crippen LogP contribution in [0.5, 0.6) is 0 Å². The zero-order chi connectivity index (χ0) is 21.1. The van der Waals surface area contributed by atoms with E-state index in [2.05, 4.69) is 10.3 Å². The highest BCUT2D eigenvalue weighted by molar-refractivity contribution is 7.19. The number of nitro benzene ring substituents is 1. The third-order valence-corrected chi connectivity index (χ3v) is 5.57. The van der Waals surface area contributed by atoms with Gasteiger partial charge in [0.05, 0.1) is 15.5 Å². The molecule has 6 nitrogen and oxygen atoms in total. The Morgan fingerprint density at radius 3 is 2.23 bits per heavy atom. The van der Waals surface area contributed by atoms with Gasteiger partial charge >= 0.3 is 0 Å². The first-order valence-electron chi connectivity index (χ1n) is 9.20. The van der Waals surface area contributed by atoms with Gasteiger partial charge in [-0.25, -0.2) is 4.98 Å². The second kappa shape index (κ2) is 8.26. The van der Waals surface area contributed by atoms with Crippen LogP contribution in [-0.2, 0) is 0 Å². The fourth-order valence-corrected chi connectivity index (χ4v) is 3.96. The summed E-state index contributed by atoms with van der Waals surface area (Å²) in [5.74, 6) is -0.367. The van der Waals surface area contributed by atoms with Crippen molar-refractivity contribution in [1.82, 2.24) is 4.98 Å². The van der Waals surface area contributed by atoms with Crippen molar-refractivity contribution in [1.29, 1.82) is 0 Å². The Kier molecular flexibility index (Phi) is 5.36. The van der Waals surface area contributed by atoms with Gasteiger partial charge in [-0.15, -0.1) is 0 Å². The largest absolute Gasteiger partial charge is 0.298 e.